The van der Waals surface area contributed by atoms with Crippen molar-refractivity contribution in [1.82, 2.24) is 10.3 Å². The SMILES string of the molecule is CCCc1nc(N2CCC(OCC)CC2)sc1CNC. The molecule has 20 heavy (non-hydrogen) atoms. The molecule has 5 heteroatoms. The van der Waals surface area contributed by atoms with Crippen LogP contribution >= 0.6 is 11.3 Å². The van der Waals surface area contributed by atoms with Crippen molar-refractivity contribution in [2.75, 3.05) is 31.6 Å². The highest BCUT2D eigenvalue weighted by Crippen LogP contribution is 2.29. The second kappa shape index (κ2) is 7.96. The predicted octanol–water partition coefficient (Wildman–Crippen LogP) is 2.82. The summed E-state index contributed by atoms with van der Waals surface area (Å²) < 4.78 is 5.72. The molecular weight excluding hydrogens is 270 g/mol. The standard InChI is InChI=1S/C15H27N3OS/c1-4-6-13-14(11-16-3)20-15(17-13)18-9-7-12(8-10-18)19-5-2/h12,16H,4-11H2,1-3H3. The topological polar surface area (TPSA) is 37.4 Å². The average Bonchev–Trinajstić information content (AvgIpc) is 2.84. The molecule has 0 atom stereocenters. The molecule has 2 rings (SSSR count). The van der Waals surface area contributed by atoms with Gasteiger partial charge in [0.1, 0.15) is 0 Å². The van der Waals surface area contributed by atoms with Gasteiger partial charge in [0.2, 0.25) is 0 Å². The van der Waals surface area contributed by atoms with Crippen molar-refractivity contribution >= 4 is 16.5 Å². The van der Waals surface area contributed by atoms with Crippen LogP contribution in [0.1, 0.15) is 43.7 Å². The molecule has 4 nitrogen and oxygen atoms in total. The Balaban J connectivity index is 2.00. The highest BCUT2D eigenvalue weighted by Gasteiger charge is 2.22. The van der Waals surface area contributed by atoms with Gasteiger partial charge in [0.25, 0.3) is 0 Å². The van der Waals surface area contributed by atoms with Crippen LogP contribution in [0.2, 0.25) is 0 Å². The van der Waals surface area contributed by atoms with E-state index in [0.717, 1.165) is 51.9 Å². The average molecular weight is 297 g/mol. The Bertz CT molecular complexity index is 376. The lowest BCUT2D eigenvalue weighted by Crippen LogP contribution is -2.37. The van der Waals surface area contributed by atoms with E-state index in [1.807, 2.05) is 18.4 Å². The Labute approximate surface area is 126 Å². The molecule has 0 bridgehead atoms. The zero-order chi connectivity index (χ0) is 14.4. The number of hydrogen-bond acceptors (Lipinski definition) is 5. The quantitative estimate of drug-likeness (QED) is 0.840. The van der Waals surface area contributed by atoms with Gasteiger partial charge in [0.15, 0.2) is 5.13 Å². The van der Waals surface area contributed by atoms with Crippen LogP contribution in [0.3, 0.4) is 0 Å². The summed E-state index contributed by atoms with van der Waals surface area (Å²) in [5.74, 6) is 0. The number of anilines is 1. The fourth-order valence-corrected chi connectivity index (χ4v) is 3.86. The lowest BCUT2D eigenvalue weighted by molar-refractivity contribution is 0.0459. The number of nitrogens with one attached hydrogen (secondary N) is 1. The van der Waals surface area contributed by atoms with Gasteiger partial charge in [-0.3, -0.25) is 0 Å². The fraction of sp³-hybridized carbons (Fsp3) is 0.800. The molecule has 2 heterocycles. The lowest BCUT2D eigenvalue weighted by atomic mass is 10.1. The first kappa shape index (κ1) is 15.7. The molecule has 1 aliphatic rings. The molecule has 1 N–H and O–H groups in total. The zero-order valence-corrected chi connectivity index (χ0v) is 13.8. The Morgan fingerprint density at radius 1 is 1.35 bits per heavy atom. The van der Waals surface area contributed by atoms with E-state index in [4.69, 9.17) is 9.72 Å². The number of aromatic nitrogens is 1. The van der Waals surface area contributed by atoms with Crippen molar-refractivity contribution in [3.63, 3.8) is 0 Å². The van der Waals surface area contributed by atoms with Crippen molar-refractivity contribution in [3.05, 3.63) is 10.6 Å². The van der Waals surface area contributed by atoms with Crippen LogP contribution in [0.4, 0.5) is 5.13 Å². The van der Waals surface area contributed by atoms with E-state index in [1.54, 1.807) is 0 Å². The first-order valence-corrected chi connectivity index (χ1v) is 8.59. The summed E-state index contributed by atoms with van der Waals surface area (Å²) in [5.41, 5.74) is 1.29. The number of rotatable bonds is 7. The Hall–Kier alpha value is -0.650. The van der Waals surface area contributed by atoms with Crippen molar-refractivity contribution in [3.8, 4) is 0 Å². The third-order valence-electron chi connectivity index (χ3n) is 3.71. The van der Waals surface area contributed by atoms with Crippen LogP contribution in [-0.2, 0) is 17.7 Å². The van der Waals surface area contributed by atoms with Crippen LogP contribution < -0.4 is 10.2 Å². The molecule has 0 unspecified atom stereocenters. The molecule has 0 radical (unpaired) electrons. The van der Waals surface area contributed by atoms with E-state index in [9.17, 15) is 0 Å². The predicted molar refractivity (Wildman–Crippen MR) is 85.7 cm³/mol. The lowest BCUT2D eigenvalue weighted by Gasteiger charge is -2.31. The van der Waals surface area contributed by atoms with Crippen LogP contribution in [0, 0.1) is 0 Å². The van der Waals surface area contributed by atoms with E-state index in [0.29, 0.717) is 6.10 Å². The van der Waals surface area contributed by atoms with E-state index in [2.05, 4.69) is 24.1 Å². The van der Waals surface area contributed by atoms with Crippen molar-refractivity contribution in [1.29, 1.82) is 0 Å². The summed E-state index contributed by atoms with van der Waals surface area (Å²) in [4.78, 5) is 8.71. The van der Waals surface area contributed by atoms with Crippen LogP contribution in [-0.4, -0.2) is 37.8 Å². The maximum absolute atomic E-state index is 5.72. The Morgan fingerprint density at radius 3 is 2.70 bits per heavy atom. The smallest absolute Gasteiger partial charge is 0.185 e. The first-order valence-electron chi connectivity index (χ1n) is 7.78. The van der Waals surface area contributed by atoms with Gasteiger partial charge in [-0.1, -0.05) is 13.3 Å². The summed E-state index contributed by atoms with van der Waals surface area (Å²) in [5, 5.41) is 4.46. The Kier molecular flexibility index (Phi) is 6.26. The number of thiazole rings is 1. The van der Waals surface area contributed by atoms with Gasteiger partial charge in [-0.2, -0.15) is 0 Å². The van der Waals surface area contributed by atoms with Crippen LogP contribution in [0.25, 0.3) is 0 Å². The minimum Gasteiger partial charge on any atom is -0.378 e. The van der Waals surface area contributed by atoms with Crippen molar-refractivity contribution in [2.45, 2.75) is 52.2 Å². The van der Waals surface area contributed by atoms with Gasteiger partial charge in [-0.15, -0.1) is 11.3 Å². The summed E-state index contributed by atoms with van der Waals surface area (Å²) in [6.07, 6.45) is 4.94. The molecule has 1 aromatic heterocycles. The van der Waals surface area contributed by atoms with Gasteiger partial charge < -0.3 is 15.0 Å². The van der Waals surface area contributed by atoms with E-state index < -0.39 is 0 Å². The first-order chi connectivity index (χ1) is 9.78. The van der Waals surface area contributed by atoms with Gasteiger partial charge in [-0.25, -0.2) is 4.98 Å². The molecule has 1 aromatic rings. The normalized spacial score (nSPS) is 16.9. The molecule has 1 aliphatic heterocycles. The van der Waals surface area contributed by atoms with Gasteiger partial charge >= 0.3 is 0 Å². The second-order valence-corrected chi connectivity index (χ2v) is 6.35. The summed E-state index contributed by atoms with van der Waals surface area (Å²) >= 11 is 1.86. The molecule has 114 valence electrons. The molecule has 0 saturated carbocycles. The maximum atomic E-state index is 5.72. The van der Waals surface area contributed by atoms with Gasteiger partial charge in [0, 0.05) is 31.1 Å². The molecule has 1 fully saturated rings. The van der Waals surface area contributed by atoms with Crippen LogP contribution in [0.15, 0.2) is 0 Å². The molecular formula is C15H27N3OS. The Morgan fingerprint density at radius 2 is 2.10 bits per heavy atom. The molecule has 0 aliphatic carbocycles. The minimum absolute atomic E-state index is 0.447. The highest BCUT2D eigenvalue weighted by atomic mass is 32.1. The van der Waals surface area contributed by atoms with E-state index in [-0.39, 0.29) is 0 Å². The van der Waals surface area contributed by atoms with Gasteiger partial charge in [-0.05, 0) is 33.2 Å². The number of hydrogen-bond donors (Lipinski definition) is 1. The number of piperidine rings is 1. The number of aryl methyl sites for hydroxylation is 1. The third kappa shape index (κ3) is 3.93. The highest BCUT2D eigenvalue weighted by molar-refractivity contribution is 7.15. The van der Waals surface area contributed by atoms with Gasteiger partial charge in [0.05, 0.1) is 11.8 Å². The summed E-state index contributed by atoms with van der Waals surface area (Å²) in [7, 11) is 2.00. The summed E-state index contributed by atoms with van der Waals surface area (Å²) in [6, 6.07) is 0. The molecule has 0 aromatic carbocycles. The molecule has 0 spiro atoms. The summed E-state index contributed by atoms with van der Waals surface area (Å²) in [6.45, 7) is 8.20. The van der Waals surface area contributed by atoms with Crippen molar-refractivity contribution < 1.29 is 4.74 Å². The maximum Gasteiger partial charge on any atom is 0.185 e. The van der Waals surface area contributed by atoms with Crippen LogP contribution in [0.5, 0.6) is 0 Å². The number of nitrogens with zero attached hydrogens (tertiary/aromatic N) is 2. The van der Waals surface area contributed by atoms with Crippen molar-refractivity contribution in [2.24, 2.45) is 0 Å². The van der Waals surface area contributed by atoms with E-state index >= 15 is 0 Å². The molecule has 1 saturated heterocycles. The number of ether oxygens (including phenoxy) is 1. The minimum atomic E-state index is 0.447. The molecule has 0 amide bonds. The zero-order valence-electron chi connectivity index (χ0n) is 12.9. The fourth-order valence-electron chi connectivity index (χ4n) is 2.69. The third-order valence-corrected chi connectivity index (χ3v) is 4.86. The largest absolute Gasteiger partial charge is 0.378 e. The van der Waals surface area contributed by atoms with E-state index in [1.165, 1.54) is 15.7 Å². The monoisotopic (exact) mass is 297 g/mol. The second-order valence-electron chi connectivity index (χ2n) is 5.29.